The molecule has 10 heteroatoms. The molecule has 188 valence electrons. The lowest BCUT2D eigenvalue weighted by Gasteiger charge is -2.26. The third-order valence-electron chi connectivity index (χ3n) is 5.88. The number of morpholine rings is 1. The SMILES string of the molecule is CCNC(=O)Nc1nc2c(F)c(-c3ccc(CN4CCOCC4)cc3)cc(-c3ccccn3)c2s1.Cl. The third-order valence-corrected chi connectivity index (χ3v) is 6.88. The molecule has 7 nitrogen and oxygen atoms in total. The molecule has 5 rings (SSSR count). The Labute approximate surface area is 219 Å². The molecule has 3 heterocycles. The molecule has 0 spiro atoms. The number of hydrogen-bond donors (Lipinski definition) is 2. The van der Waals surface area contributed by atoms with Gasteiger partial charge in [-0.25, -0.2) is 14.2 Å². The highest BCUT2D eigenvalue weighted by atomic mass is 35.5. The van der Waals surface area contributed by atoms with Crippen molar-refractivity contribution in [1.29, 1.82) is 0 Å². The maximum atomic E-state index is 15.8. The maximum Gasteiger partial charge on any atom is 0.321 e. The van der Waals surface area contributed by atoms with Gasteiger partial charge < -0.3 is 10.1 Å². The number of anilines is 1. The number of urea groups is 1. The van der Waals surface area contributed by atoms with E-state index >= 15 is 4.39 Å². The molecule has 2 amide bonds. The van der Waals surface area contributed by atoms with Gasteiger partial charge in [-0.05, 0) is 36.2 Å². The molecule has 1 aliphatic rings. The van der Waals surface area contributed by atoms with Crippen molar-refractivity contribution < 1.29 is 13.9 Å². The Morgan fingerprint density at radius 2 is 1.92 bits per heavy atom. The van der Waals surface area contributed by atoms with Crippen LogP contribution in [0.2, 0.25) is 0 Å². The minimum Gasteiger partial charge on any atom is -0.379 e. The normalized spacial score (nSPS) is 13.8. The fourth-order valence-corrected chi connectivity index (χ4v) is 5.12. The van der Waals surface area contributed by atoms with E-state index in [2.05, 4.69) is 25.5 Å². The number of rotatable bonds is 6. The molecule has 36 heavy (non-hydrogen) atoms. The largest absolute Gasteiger partial charge is 0.379 e. The number of carbonyl (C=O) groups excluding carboxylic acids is 1. The molecule has 1 fully saturated rings. The van der Waals surface area contributed by atoms with Crippen LogP contribution < -0.4 is 10.6 Å². The van der Waals surface area contributed by atoms with Crippen molar-refractivity contribution in [2.45, 2.75) is 13.5 Å². The van der Waals surface area contributed by atoms with Crippen molar-refractivity contribution in [2.75, 3.05) is 38.2 Å². The minimum atomic E-state index is -0.416. The zero-order valence-electron chi connectivity index (χ0n) is 19.8. The smallest absolute Gasteiger partial charge is 0.321 e. The highest BCUT2D eigenvalue weighted by Gasteiger charge is 2.20. The first kappa shape index (κ1) is 26.0. The van der Waals surface area contributed by atoms with Gasteiger partial charge in [0, 0.05) is 43.5 Å². The van der Waals surface area contributed by atoms with Crippen LogP contribution in [0.25, 0.3) is 32.6 Å². The number of fused-ring (bicyclic) bond motifs is 1. The summed E-state index contributed by atoms with van der Waals surface area (Å²) in [5, 5.41) is 5.70. The predicted octanol–water partition coefficient (Wildman–Crippen LogP) is 5.56. The summed E-state index contributed by atoms with van der Waals surface area (Å²) < 4.78 is 21.9. The second kappa shape index (κ2) is 11.7. The van der Waals surface area contributed by atoms with Gasteiger partial charge in [0.15, 0.2) is 10.9 Å². The molecular formula is C26H27ClFN5O2S. The van der Waals surface area contributed by atoms with E-state index in [1.807, 2.05) is 55.5 Å². The van der Waals surface area contributed by atoms with E-state index in [1.165, 1.54) is 16.9 Å². The highest BCUT2D eigenvalue weighted by molar-refractivity contribution is 7.22. The van der Waals surface area contributed by atoms with Crippen LogP contribution in [0.5, 0.6) is 0 Å². The number of nitrogens with one attached hydrogen (secondary N) is 2. The standard InChI is InChI=1S/C26H26FN5O2S.ClH/c1-2-28-25(33)31-26-30-23-22(27)19(15-20(24(23)35-26)21-5-3-4-10-29-21)18-8-6-17(7-9-18)16-32-11-13-34-14-12-32;/h3-10,15H,2,11-14,16H2,1H3,(H2,28,30,31,33);1H. The lowest BCUT2D eigenvalue weighted by atomic mass is 9.98. The number of thiazole rings is 1. The van der Waals surface area contributed by atoms with Crippen LogP contribution in [0.4, 0.5) is 14.3 Å². The molecule has 2 aromatic heterocycles. The maximum absolute atomic E-state index is 15.8. The van der Waals surface area contributed by atoms with Crippen LogP contribution in [-0.2, 0) is 11.3 Å². The first-order valence-electron chi connectivity index (χ1n) is 11.6. The molecule has 0 atom stereocenters. The molecule has 0 saturated carbocycles. The summed E-state index contributed by atoms with van der Waals surface area (Å²) in [5.41, 5.74) is 4.10. The average molecular weight is 528 g/mol. The number of nitrogens with zero attached hydrogens (tertiary/aromatic N) is 3. The minimum absolute atomic E-state index is 0. The zero-order chi connectivity index (χ0) is 24.2. The number of pyridine rings is 1. The van der Waals surface area contributed by atoms with Crippen LogP contribution in [0.1, 0.15) is 12.5 Å². The summed E-state index contributed by atoms with van der Waals surface area (Å²) in [6.45, 7) is 6.48. The van der Waals surface area contributed by atoms with Crippen molar-refractivity contribution in [3.8, 4) is 22.4 Å². The molecule has 2 aromatic carbocycles. The molecule has 2 N–H and O–H groups in total. The second-order valence-electron chi connectivity index (χ2n) is 8.27. The van der Waals surface area contributed by atoms with Crippen molar-refractivity contribution in [3.63, 3.8) is 0 Å². The lowest BCUT2D eigenvalue weighted by molar-refractivity contribution is 0.0342. The number of ether oxygens (including phenoxy) is 1. The molecule has 0 bridgehead atoms. The fourth-order valence-electron chi connectivity index (χ4n) is 4.14. The van der Waals surface area contributed by atoms with Crippen molar-refractivity contribution in [1.82, 2.24) is 20.2 Å². The van der Waals surface area contributed by atoms with E-state index in [0.717, 1.165) is 49.7 Å². The van der Waals surface area contributed by atoms with Gasteiger partial charge in [-0.3, -0.25) is 15.2 Å². The Kier molecular flexibility index (Phi) is 8.48. The van der Waals surface area contributed by atoms with Crippen molar-refractivity contribution in [3.05, 3.63) is 66.1 Å². The van der Waals surface area contributed by atoms with Crippen LogP contribution >= 0.6 is 23.7 Å². The lowest BCUT2D eigenvalue weighted by Crippen LogP contribution is -2.35. The Bertz CT molecular complexity index is 1330. The summed E-state index contributed by atoms with van der Waals surface area (Å²) in [6, 6.07) is 15.0. The van der Waals surface area contributed by atoms with Crippen LogP contribution in [0.3, 0.4) is 0 Å². The molecule has 0 unspecified atom stereocenters. The summed E-state index contributed by atoms with van der Waals surface area (Å²) >= 11 is 1.23. The summed E-state index contributed by atoms with van der Waals surface area (Å²) in [7, 11) is 0. The average Bonchev–Trinajstić information content (AvgIpc) is 3.30. The van der Waals surface area contributed by atoms with Crippen LogP contribution in [0, 0.1) is 5.82 Å². The van der Waals surface area contributed by atoms with Gasteiger partial charge >= 0.3 is 6.03 Å². The summed E-state index contributed by atoms with van der Waals surface area (Å²) in [6.07, 6.45) is 1.71. The Morgan fingerprint density at radius 1 is 1.14 bits per heavy atom. The van der Waals surface area contributed by atoms with Gasteiger partial charge in [0.2, 0.25) is 0 Å². The van der Waals surface area contributed by atoms with E-state index in [1.54, 1.807) is 6.20 Å². The van der Waals surface area contributed by atoms with E-state index in [-0.39, 0.29) is 24.0 Å². The first-order valence-corrected chi connectivity index (χ1v) is 12.4. The highest BCUT2D eigenvalue weighted by Crippen LogP contribution is 2.40. The van der Waals surface area contributed by atoms with Crippen LogP contribution in [0.15, 0.2) is 54.7 Å². The quantitative estimate of drug-likeness (QED) is 0.343. The van der Waals surface area contributed by atoms with Gasteiger partial charge in [-0.2, -0.15) is 0 Å². The number of halogens is 2. The number of amides is 2. The molecule has 0 aliphatic carbocycles. The molecule has 4 aromatic rings. The fraction of sp³-hybridized carbons (Fsp3) is 0.269. The van der Waals surface area contributed by atoms with E-state index in [4.69, 9.17) is 4.74 Å². The topological polar surface area (TPSA) is 79.4 Å². The van der Waals surface area contributed by atoms with Crippen molar-refractivity contribution >= 4 is 45.1 Å². The van der Waals surface area contributed by atoms with Gasteiger partial charge in [0.1, 0.15) is 5.52 Å². The van der Waals surface area contributed by atoms with Gasteiger partial charge in [0.25, 0.3) is 0 Å². The Morgan fingerprint density at radius 3 is 2.61 bits per heavy atom. The Hall–Kier alpha value is -3.11. The molecule has 1 aliphatic heterocycles. The molecule has 1 saturated heterocycles. The van der Waals surface area contributed by atoms with Crippen molar-refractivity contribution in [2.24, 2.45) is 0 Å². The third kappa shape index (κ3) is 5.65. The molecular weight excluding hydrogens is 501 g/mol. The summed E-state index contributed by atoms with van der Waals surface area (Å²) in [4.78, 5) is 23.3. The number of carbonyl (C=O) groups is 1. The predicted molar refractivity (Wildman–Crippen MR) is 144 cm³/mol. The monoisotopic (exact) mass is 527 g/mol. The van der Waals surface area contributed by atoms with Gasteiger partial charge in [-0.1, -0.05) is 41.7 Å². The summed E-state index contributed by atoms with van der Waals surface area (Å²) in [5.74, 6) is -0.416. The second-order valence-corrected chi connectivity index (χ2v) is 9.27. The number of hydrogen-bond acceptors (Lipinski definition) is 6. The molecule has 0 radical (unpaired) electrons. The first-order chi connectivity index (χ1) is 17.1. The van der Waals surface area contributed by atoms with Crippen LogP contribution in [-0.4, -0.2) is 53.7 Å². The number of aromatic nitrogens is 2. The Balaban J connectivity index is 0.00000304. The van der Waals surface area contributed by atoms with E-state index in [0.29, 0.717) is 21.9 Å². The zero-order valence-corrected chi connectivity index (χ0v) is 21.4. The van der Waals surface area contributed by atoms with Gasteiger partial charge in [-0.15, -0.1) is 12.4 Å². The number of benzene rings is 2. The van der Waals surface area contributed by atoms with E-state index in [9.17, 15) is 4.79 Å². The van der Waals surface area contributed by atoms with Gasteiger partial charge in [0.05, 0.1) is 23.6 Å². The van der Waals surface area contributed by atoms with E-state index < -0.39 is 5.82 Å².